The summed E-state index contributed by atoms with van der Waals surface area (Å²) in [5.41, 5.74) is 1.78. The van der Waals surface area contributed by atoms with Crippen LogP contribution in [0.4, 0.5) is 5.69 Å². The number of para-hydroxylation sites is 1. The van der Waals surface area contributed by atoms with Crippen molar-refractivity contribution in [2.45, 2.75) is 20.0 Å². The number of methoxy groups -OCH3 is 1. The number of nitrogens with one attached hydrogen (secondary N) is 1. The number of carboxylic acids is 1. The molecule has 1 heterocycles. The van der Waals surface area contributed by atoms with Crippen molar-refractivity contribution < 1.29 is 29.0 Å². The number of aryl methyl sites for hydroxylation is 1. The number of rotatable bonds is 6. The molecule has 0 spiro atoms. The number of aliphatic carboxylic acids is 1. The fourth-order valence-electron chi connectivity index (χ4n) is 2.97. The van der Waals surface area contributed by atoms with Crippen molar-refractivity contribution in [1.29, 1.82) is 0 Å². The van der Waals surface area contributed by atoms with Gasteiger partial charge >= 0.3 is 5.97 Å². The number of anilines is 1. The number of thiocarbonyl (C=S) groups is 1. The number of hydrogen-bond acceptors (Lipinski definition) is 6. The van der Waals surface area contributed by atoms with E-state index in [4.69, 9.17) is 26.8 Å². The zero-order valence-corrected chi connectivity index (χ0v) is 17.9. The molecule has 1 aliphatic rings. The Morgan fingerprint density at radius 2 is 1.90 bits per heavy atom. The molecule has 160 valence electrons. The quantitative estimate of drug-likeness (QED) is 0.404. The molecule has 2 aromatic carbocycles. The summed E-state index contributed by atoms with van der Waals surface area (Å²) in [6.45, 7) is 3.23. The molecule has 2 amide bonds. The molecular formula is C22H20N2O6S. The Morgan fingerprint density at radius 1 is 1.19 bits per heavy atom. The average Bonchev–Trinajstić information content (AvgIpc) is 2.73. The fraction of sp³-hybridized carbons (Fsp3) is 0.182. The molecule has 0 radical (unpaired) electrons. The fourth-order valence-corrected chi connectivity index (χ4v) is 3.24. The van der Waals surface area contributed by atoms with Crippen LogP contribution in [0.25, 0.3) is 6.08 Å². The summed E-state index contributed by atoms with van der Waals surface area (Å²) in [7, 11) is 1.40. The topological polar surface area (TPSA) is 105 Å². The zero-order chi connectivity index (χ0) is 22.7. The Morgan fingerprint density at radius 3 is 2.55 bits per heavy atom. The zero-order valence-electron chi connectivity index (χ0n) is 17.0. The van der Waals surface area contributed by atoms with Gasteiger partial charge < -0.3 is 14.6 Å². The number of ether oxygens (including phenoxy) is 2. The lowest BCUT2D eigenvalue weighted by Gasteiger charge is -2.30. The standard InChI is InChI=1S/C22H20N2O6S/c1-12-6-4-5-7-16(12)24-20(26)15(19(25)23-22(24)31)10-14-8-9-17(18(11-14)29-3)30-13(2)21(27)28/h4-11,13H,1-3H3,(H,27,28)(H,23,25,31)/b15-10+/t13-/m0/s1. The predicted molar refractivity (Wildman–Crippen MR) is 118 cm³/mol. The Kier molecular flexibility index (Phi) is 6.36. The van der Waals surface area contributed by atoms with E-state index in [1.165, 1.54) is 31.1 Å². The normalized spacial score (nSPS) is 16.2. The second kappa shape index (κ2) is 8.97. The van der Waals surface area contributed by atoms with Crippen LogP contribution in [0, 0.1) is 6.92 Å². The van der Waals surface area contributed by atoms with E-state index in [0.717, 1.165) is 5.56 Å². The van der Waals surface area contributed by atoms with E-state index in [-0.39, 0.29) is 22.2 Å². The minimum absolute atomic E-state index is 0.00503. The molecule has 0 bridgehead atoms. The lowest BCUT2D eigenvalue weighted by atomic mass is 10.1. The smallest absolute Gasteiger partial charge is 0.344 e. The van der Waals surface area contributed by atoms with Crippen molar-refractivity contribution in [2.24, 2.45) is 0 Å². The highest BCUT2D eigenvalue weighted by Crippen LogP contribution is 2.31. The summed E-state index contributed by atoms with van der Waals surface area (Å²) in [6.07, 6.45) is 0.338. The van der Waals surface area contributed by atoms with Crippen molar-refractivity contribution in [3.63, 3.8) is 0 Å². The molecule has 31 heavy (non-hydrogen) atoms. The number of benzene rings is 2. The molecule has 1 fully saturated rings. The first-order valence-electron chi connectivity index (χ1n) is 9.27. The molecule has 0 saturated carbocycles. The van der Waals surface area contributed by atoms with Gasteiger partial charge in [-0.15, -0.1) is 0 Å². The van der Waals surface area contributed by atoms with Gasteiger partial charge in [0.05, 0.1) is 12.8 Å². The molecule has 3 rings (SSSR count). The lowest BCUT2D eigenvalue weighted by Crippen LogP contribution is -2.54. The number of hydrogen-bond donors (Lipinski definition) is 2. The van der Waals surface area contributed by atoms with Gasteiger partial charge in [-0.25, -0.2) is 4.79 Å². The van der Waals surface area contributed by atoms with Gasteiger partial charge in [-0.1, -0.05) is 24.3 Å². The molecule has 0 unspecified atom stereocenters. The van der Waals surface area contributed by atoms with Gasteiger partial charge in [0, 0.05) is 0 Å². The molecule has 0 aromatic heterocycles. The third kappa shape index (κ3) is 4.56. The van der Waals surface area contributed by atoms with Crippen LogP contribution in [0.1, 0.15) is 18.1 Å². The Bertz CT molecular complexity index is 1110. The van der Waals surface area contributed by atoms with Crippen molar-refractivity contribution in [2.75, 3.05) is 12.0 Å². The van der Waals surface area contributed by atoms with Gasteiger partial charge in [-0.3, -0.25) is 19.8 Å². The van der Waals surface area contributed by atoms with E-state index in [9.17, 15) is 14.4 Å². The number of carbonyl (C=O) groups excluding carboxylic acids is 2. The summed E-state index contributed by atoms with van der Waals surface area (Å²) in [5, 5.41) is 11.6. The van der Waals surface area contributed by atoms with Gasteiger partial charge in [0.2, 0.25) is 0 Å². The van der Waals surface area contributed by atoms with Crippen LogP contribution in [0.15, 0.2) is 48.0 Å². The van der Waals surface area contributed by atoms with Crippen molar-refractivity contribution in [3.05, 3.63) is 59.2 Å². The maximum atomic E-state index is 13.1. The third-order valence-electron chi connectivity index (χ3n) is 4.61. The Labute approximate surface area is 184 Å². The highest BCUT2D eigenvalue weighted by atomic mass is 32.1. The van der Waals surface area contributed by atoms with E-state index >= 15 is 0 Å². The second-order valence-electron chi connectivity index (χ2n) is 6.75. The van der Waals surface area contributed by atoms with E-state index in [1.54, 1.807) is 24.3 Å². The molecule has 8 nitrogen and oxygen atoms in total. The number of amides is 2. The van der Waals surface area contributed by atoms with Crippen LogP contribution in [0.5, 0.6) is 11.5 Å². The summed E-state index contributed by atoms with van der Waals surface area (Å²) in [5.74, 6) is -1.80. The largest absolute Gasteiger partial charge is 0.493 e. The SMILES string of the molecule is COc1cc(/C=C2\C(=O)NC(=S)N(c3ccccc3C)C2=O)ccc1O[C@@H](C)C(=O)O. The minimum Gasteiger partial charge on any atom is -0.493 e. The molecule has 1 saturated heterocycles. The van der Waals surface area contributed by atoms with Crippen molar-refractivity contribution >= 4 is 46.9 Å². The van der Waals surface area contributed by atoms with Crippen LogP contribution in [-0.2, 0) is 14.4 Å². The highest BCUT2D eigenvalue weighted by molar-refractivity contribution is 7.80. The van der Waals surface area contributed by atoms with Gasteiger partial charge in [0.15, 0.2) is 22.7 Å². The van der Waals surface area contributed by atoms with Crippen LogP contribution in [0.2, 0.25) is 0 Å². The average molecular weight is 440 g/mol. The maximum Gasteiger partial charge on any atom is 0.344 e. The van der Waals surface area contributed by atoms with Gasteiger partial charge in [-0.05, 0) is 61.5 Å². The Hall–Kier alpha value is -3.72. The van der Waals surface area contributed by atoms with Crippen molar-refractivity contribution in [1.82, 2.24) is 5.32 Å². The van der Waals surface area contributed by atoms with E-state index in [0.29, 0.717) is 11.3 Å². The summed E-state index contributed by atoms with van der Waals surface area (Å²) in [4.78, 5) is 37.9. The van der Waals surface area contributed by atoms with Gasteiger partial charge in [0.1, 0.15) is 5.57 Å². The predicted octanol–water partition coefficient (Wildman–Crippen LogP) is 2.69. The summed E-state index contributed by atoms with van der Waals surface area (Å²) >= 11 is 5.22. The summed E-state index contributed by atoms with van der Waals surface area (Å²) < 4.78 is 10.6. The monoisotopic (exact) mass is 440 g/mol. The molecule has 1 atom stereocenters. The van der Waals surface area contributed by atoms with Crippen LogP contribution < -0.4 is 19.7 Å². The summed E-state index contributed by atoms with van der Waals surface area (Å²) in [6, 6.07) is 11.8. The number of nitrogens with zero attached hydrogens (tertiary/aromatic N) is 1. The lowest BCUT2D eigenvalue weighted by molar-refractivity contribution is -0.144. The van der Waals surface area contributed by atoms with E-state index in [1.807, 2.05) is 19.1 Å². The molecular weight excluding hydrogens is 420 g/mol. The van der Waals surface area contributed by atoms with Crippen molar-refractivity contribution in [3.8, 4) is 11.5 Å². The van der Waals surface area contributed by atoms with Gasteiger partial charge in [-0.2, -0.15) is 0 Å². The second-order valence-corrected chi connectivity index (χ2v) is 7.14. The Balaban J connectivity index is 1.97. The number of carbonyl (C=O) groups is 3. The molecule has 9 heteroatoms. The van der Waals surface area contributed by atoms with Crippen LogP contribution in [-0.4, -0.2) is 41.2 Å². The molecule has 2 aromatic rings. The maximum absolute atomic E-state index is 13.1. The first kappa shape index (κ1) is 22.0. The molecule has 0 aliphatic carbocycles. The number of carboxylic acid groups (broad SMARTS) is 1. The minimum atomic E-state index is -1.12. The first-order chi connectivity index (χ1) is 14.7. The highest BCUT2D eigenvalue weighted by Gasteiger charge is 2.35. The van der Waals surface area contributed by atoms with E-state index < -0.39 is 23.9 Å². The molecule has 2 N–H and O–H groups in total. The van der Waals surface area contributed by atoms with Crippen LogP contribution >= 0.6 is 12.2 Å². The third-order valence-corrected chi connectivity index (χ3v) is 4.89. The van der Waals surface area contributed by atoms with Crippen LogP contribution in [0.3, 0.4) is 0 Å². The molecule has 1 aliphatic heterocycles. The van der Waals surface area contributed by atoms with E-state index in [2.05, 4.69) is 5.32 Å². The van der Waals surface area contributed by atoms with Gasteiger partial charge in [0.25, 0.3) is 11.8 Å². The first-order valence-corrected chi connectivity index (χ1v) is 9.68.